The molecule has 0 aromatic heterocycles. The summed E-state index contributed by atoms with van der Waals surface area (Å²) in [6.07, 6.45) is 1.91. The molecule has 1 nitrogen and oxygen atoms in total. The molecule has 1 atom stereocenters. The molecule has 0 unspecified atom stereocenters. The zero-order valence-electron chi connectivity index (χ0n) is 8.48. The van der Waals surface area contributed by atoms with E-state index >= 15 is 0 Å². The van der Waals surface area contributed by atoms with Crippen molar-refractivity contribution < 1.29 is 4.74 Å². The molecule has 0 aliphatic carbocycles. The summed E-state index contributed by atoms with van der Waals surface area (Å²) in [7, 11) is 0. The zero-order valence-corrected chi connectivity index (χ0v) is 8.48. The molecular formula is C11H18O. The number of rotatable bonds is 3. The molecule has 0 amide bonds. The lowest BCUT2D eigenvalue weighted by Crippen LogP contribution is -2.27. The average Bonchev–Trinajstić information content (AvgIpc) is 1.95. The fraction of sp³-hybridized carbons (Fsp3) is 0.636. The second kappa shape index (κ2) is 5.00. The molecule has 0 radical (unpaired) electrons. The van der Waals surface area contributed by atoms with Crippen LogP contribution in [0.25, 0.3) is 0 Å². The van der Waals surface area contributed by atoms with E-state index in [1.807, 2.05) is 13.0 Å². The molecule has 12 heavy (non-hydrogen) atoms. The first-order valence-corrected chi connectivity index (χ1v) is 4.16. The van der Waals surface area contributed by atoms with Gasteiger partial charge in [-0.3, -0.25) is 0 Å². The first-order valence-electron chi connectivity index (χ1n) is 4.16. The van der Waals surface area contributed by atoms with Gasteiger partial charge in [0.25, 0.3) is 0 Å². The summed E-state index contributed by atoms with van der Waals surface area (Å²) in [5.41, 5.74) is 0.108. The summed E-state index contributed by atoms with van der Waals surface area (Å²) in [6, 6.07) is 0. The van der Waals surface area contributed by atoms with Crippen molar-refractivity contribution in [3.8, 4) is 11.8 Å². The van der Waals surface area contributed by atoms with E-state index in [1.165, 1.54) is 0 Å². The lowest BCUT2D eigenvalue weighted by molar-refractivity contribution is 0.0345. The highest BCUT2D eigenvalue weighted by Crippen LogP contribution is 2.22. The first kappa shape index (κ1) is 11.3. The zero-order chi connectivity index (χ0) is 9.61. The highest BCUT2D eigenvalue weighted by molar-refractivity contribution is 4.97. The maximum Gasteiger partial charge on any atom is 0.108 e. The van der Waals surface area contributed by atoms with Crippen LogP contribution < -0.4 is 0 Å². The average molecular weight is 166 g/mol. The molecule has 0 bridgehead atoms. The maximum absolute atomic E-state index is 5.50. The minimum Gasteiger partial charge on any atom is -0.361 e. The van der Waals surface area contributed by atoms with Crippen LogP contribution in [-0.2, 0) is 4.74 Å². The summed E-state index contributed by atoms with van der Waals surface area (Å²) in [5, 5.41) is 0. The SMILES string of the molecule is C=C[C@H](OCC#CC)C(C)(C)C. The Hall–Kier alpha value is -0.740. The molecule has 0 aromatic rings. The predicted molar refractivity (Wildman–Crippen MR) is 52.8 cm³/mol. The molecule has 0 saturated heterocycles. The normalized spacial score (nSPS) is 13.0. The van der Waals surface area contributed by atoms with Crippen LogP contribution in [0.1, 0.15) is 27.7 Å². The second-order valence-electron chi connectivity index (χ2n) is 3.76. The Morgan fingerprint density at radius 1 is 1.50 bits per heavy atom. The van der Waals surface area contributed by atoms with Crippen LogP contribution in [0.4, 0.5) is 0 Å². The van der Waals surface area contributed by atoms with E-state index in [0.717, 1.165) is 0 Å². The van der Waals surface area contributed by atoms with Crippen molar-refractivity contribution in [2.24, 2.45) is 5.41 Å². The van der Waals surface area contributed by atoms with Crippen LogP contribution in [0.3, 0.4) is 0 Å². The topological polar surface area (TPSA) is 9.23 Å². The molecule has 0 heterocycles. The Kier molecular flexibility index (Phi) is 4.70. The third-order valence-electron chi connectivity index (χ3n) is 1.58. The third kappa shape index (κ3) is 4.20. The van der Waals surface area contributed by atoms with Gasteiger partial charge in [-0.1, -0.05) is 32.8 Å². The molecule has 0 fully saturated rings. The minimum absolute atomic E-state index is 0.0818. The van der Waals surface area contributed by atoms with Gasteiger partial charge in [-0.15, -0.1) is 12.5 Å². The van der Waals surface area contributed by atoms with Crippen LogP contribution in [0.5, 0.6) is 0 Å². The van der Waals surface area contributed by atoms with Crippen LogP contribution in [0, 0.1) is 17.3 Å². The van der Waals surface area contributed by atoms with E-state index in [9.17, 15) is 0 Å². The Morgan fingerprint density at radius 2 is 2.08 bits per heavy atom. The van der Waals surface area contributed by atoms with Crippen molar-refractivity contribution in [3.63, 3.8) is 0 Å². The smallest absolute Gasteiger partial charge is 0.108 e. The molecule has 0 rings (SSSR count). The summed E-state index contributed by atoms with van der Waals surface area (Å²) < 4.78 is 5.50. The standard InChI is InChI=1S/C11H18O/c1-6-8-9-12-10(7-2)11(3,4)5/h7,10H,2,9H2,1,3-5H3/t10-/m0/s1. The molecule has 0 aliphatic heterocycles. The number of hydrogen-bond donors (Lipinski definition) is 0. The quantitative estimate of drug-likeness (QED) is 0.462. The maximum atomic E-state index is 5.50. The largest absolute Gasteiger partial charge is 0.361 e. The lowest BCUT2D eigenvalue weighted by atomic mass is 9.89. The Balaban J connectivity index is 3.98. The van der Waals surface area contributed by atoms with Gasteiger partial charge in [0.2, 0.25) is 0 Å². The predicted octanol–water partition coefficient (Wildman–Crippen LogP) is 2.63. The third-order valence-corrected chi connectivity index (χ3v) is 1.58. The van der Waals surface area contributed by atoms with Gasteiger partial charge in [0, 0.05) is 0 Å². The van der Waals surface area contributed by atoms with E-state index in [4.69, 9.17) is 4.74 Å². The van der Waals surface area contributed by atoms with E-state index in [0.29, 0.717) is 6.61 Å². The fourth-order valence-corrected chi connectivity index (χ4v) is 0.875. The number of hydrogen-bond acceptors (Lipinski definition) is 1. The van der Waals surface area contributed by atoms with Gasteiger partial charge in [-0.25, -0.2) is 0 Å². The van der Waals surface area contributed by atoms with Crippen LogP contribution in [0.2, 0.25) is 0 Å². The molecule has 0 N–H and O–H groups in total. The lowest BCUT2D eigenvalue weighted by Gasteiger charge is -2.26. The van der Waals surface area contributed by atoms with E-state index in [2.05, 4.69) is 39.2 Å². The van der Waals surface area contributed by atoms with Crippen molar-refractivity contribution in [1.29, 1.82) is 0 Å². The highest BCUT2D eigenvalue weighted by atomic mass is 16.5. The fourth-order valence-electron chi connectivity index (χ4n) is 0.875. The van der Waals surface area contributed by atoms with Gasteiger partial charge in [0.05, 0.1) is 6.10 Å². The van der Waals surface area contributed by atoms with Gasteiger partial charge in [-0.05, 0) is 12.3 Å². The number of ether oxygens (including phenoxy) is 1. The van der Waals surface area contributed by atoms with Crippen molar-refractivity contribution in [2.45, 2.75) is 33.8 Å². The van der Waals surface area contributed by atoms with Gasteiger partial charge in [0.15, 0.2) is 0 Å². The molecular weight excluding hydrogens is 148 g/mol. The van der Waals surface area contributed by atoms with E-state index in [1.54, 1.807) is 0 Å². The summed E-state index contributed by atoms with van der Waals surface area (Å²) in [6.45, 7) is 12.4. The molecule has 0 aliphatic rings. The summed E-state index contributed by atoms with van der Waals surface area (Å²) >= 11 is 0. The van der Waals surface area contributed by atoms with Gasteiger partial charge in [-0.2, -0.15) is 0 Å². The second-order valence-corrected chi connectivity index (χ2v) is 3.76. The molecule has 0 saturated carbocycles. The first-order chi connectivity index (χ1) is 5.52. The van der Waals surface area contributed by atoms with E-state index in [-0.39, 0.29) is 11.5 Å². The van der Waals surface area contributed by atoms with Crippen LogP contribution in [-0.4, -0.2) is 12.7 Å². The molecule has 1 heteroatoms. The molecule has 68 valence electrons. The van der Waals surface area contributed by atoms with Gasteiger partial charge >= 0.3 is 0 Å². The summed E-state index contributed by atoms with van der Waals surface area (Å²) in [4.78, 5) is 0. The minimum atomic E-state index is 0.0818. The van der Waals surface area contributed by atoms with Crippen molar-refractivity contribution in [2.75, 3.05) is 6.61 Å². The van der Waals surface area contributed by atoms with Crippen LogP contribution >= 0.6 is 0 Å². The van der Waals surface area contributed by atoms with Gasteiger partial charge in [0.1, 0.15) is 6.61 Å². The monoisotopic (exact) mass is 166 g/mol. The molecule has 0 aromatic carbocycles. The Bertz CT molecular complexity index is 187. The highest BCUT2D eigenvalue weighted by Gasteiger charge is 2.21. The van der Waals surface area contributed by atoms with Crippen molar-refractivity contribution in [1.82, 2.24) is 0 Å². The Labute approximate surface area is 75.8 Å². The molecule has 0 spiro atoms. The van der Waals surface area contributed by atoms with Crippen molar-refractivity contribution >= 4 is 0 Å². The van der Waals surface area contributed by atoms with Crippen LogP contribution in [0.15, 0.2) is 12.7 Å². The van der Waals surface area contributed by atoms with Gasteiger partial charge < -0.3 is 4.74 Å². The van der Waals surface area contributed by atoms with Crippen molar-refractivity contribution in [3.05, 3.63) is 12.7 Å². The Morgan fingerprint density at radius 3 is 2.42 bits per heavy atom. The van der Waals surface area contributed by atoms with E-state index < -0.39 is 0 Å². The summed E-state index contributed by atoms with van der Waals surface area (Å²) in [5.74, 6) is 5.65.